The molecular weight excluding hydrogens is 524 g/mol. The molecule has 2 unspecified atom stereocenters. The molecule has 0 radical (unpaired) electrons. The number of pyridine rings is 1. The Bertz CT molecular complexity index is 1580. The van der Waals surface area contributed by atoms with Gasteiger partial charge in [0.1, 0.15) is 5.60 Å². The summed E-state index contributed by atoms with van der Waals surface area (Å²) < 4.78 is 0.834. The molecule has 0 spiro atoms. The maximum absolute atomic E-state index is 13.4. The van der Waals surface area contributed by atoms with E-state index < -0.39 is 5.60 Å². The van der Waals surface area contributed by atoms with E-state index in [2.05, 4.69) is 46.6 Å². The molecule has 0 bridgehead atoms. The van der Waals surface area contributed by atoms with E-state index in [1.165, 1.54) is 0 Å². The zero-order chi connectivity index (χ0) is 26.7. The molecule has 1 aliphatic carbocycles. The van der Waals surface area contributed by atoms with Crippen molar-refractivity contribution in [1.29, 1.82) is 0 Å². The summed E-state index contributed by atoms with van der Waals surface area (Å²) in [7, 11) is 3.97. The number of aliphatic hydroxyl groups is 1. The van der Waals surface area contributed by atoms with Gasteiger partial charge >= 0.3 is 0 Å². The Morgan fingerprint density at radius 3 is 2.70 bits per heavy atom. The first-order valence-corrected chi connectivity index (χ1v) is 13.5. The largest absolute Gasteiger partial charge is 0.380 e. The molecule has 3 aromatic rings. The van der Waals surface area contributed by atoms with Gasteiger partial charge in [-0.1, -0.05) is 84.1 Å². The normalized spacial score (nSPS) is 18.1. The highest BCUT2D eigenvalue weighted by Crippen LogP contribution is 2.37. The third-order valence-electron chi connectivity index (χ3n) is 7.03. The second-order valence-electron chi connectivity index (χ2n) is 10.1. The molecule has 2 aromatic carbocycles. The molecule has 0 saturated carbocycles. The van der Waals surface area contributed by atoms with E-state index in [9.17, 15) is 9.90 Å². The lowest BCUT2D eigenvalue weighted by Gasteiger charge is -2.32. The van der Waals surface area contributed by atoms with Crippen molar-refractivity contribution in [3.63, 3.8) is 0 Å². The van der Waals surface area contributed by atoms with E-state index in [1.54, 1.807) is 0 Å². The molecule has 0 fully saturated rings. The average molecular weight is 560 g/mol. The minimum atomic E-state index is -1.38. The quantitative estimate of drug-likeness (QED) is 0.417. The van der Waals surface area contributed by atoms with Crippen LogP contribution in [-0.4, -0.2) is 35.6 Å². The second kappa shape index (κ2) is 11.2. The summed E-state index contributed by atoms with van der Waals surface area (Å²) in [5.41, 5.74) is 2.03. The summed E-state index contributed by atoms with van der Waals surface area (Å²) >= 11 is 3.67. The van der Waals surface area contributed by atoms with Gasteiger partial charge in [-0.25, -0.2) is 0 Å². The van der Waals surface area contributed by atoms with Gasteiger partial charge < -0.3 is 15.0 Å². The Balaban J connectivity index is 1.99. The number of aromatic nitrogens is 1. The van der Waals surface area contributed by atoms with Crippen molar-refractivity contribution in [3.05, 3.63) is 109 Å². The highest BCUT2D eigenvalue weighted by Gasteiger charge is 2.35. The fourth-order valence-electron chi connectivity index (χ4n) is 4.90. The average Bonchev–Trinajstić information content (AvgIpc) is 2.86. The van der Waals surface area contributed by atoms with Crippen LogP contribution in [-0.2, 0) is 5.60 Å². The van der Waals surface area contributed by atoms with Crippen LogP contribution >= 0.6 is 15.9 Å². The highest BCUT2D eigenvalue weighted by atomic mass is 79.9. The number of aromatic amines is 1. The predicted octanol–water partition coefficient (Wildman–Crippen LogP) is 5.22. The molecule has 0 aliphatic heterocycles. The molecule has 4 rings (SSSR count). The summed E-state index contributed by atoms with van der Waals surface area (Å²) in [5, 5.41) is 15.1. The molecule has 37 heavy (non-hydrogen) atoms. The number of hydrogen-bond acceptors (Lipinski definition) is 3. The van der Waals surface area contributed by atoms with Gasteiger partial charge in [-0.05, 0) is 79.6 Å². The van der Waals surface area contributed by atoms with Gasteiger partial charge in [0.05, 0.1) is 5.52 Å². The van der Waals surface area contributed by atoms with Gasteiger partial charge in [0.15, 0.2) is 0 Å². The fourth-order valence-corrected chi connectivity index (χ4v) is 5.37. The molecule has 1 aromatic heterocycles. The Kier molecular flexibility index (Phi) is 8.17. The van der Waals surface area contributed by atoms with E-state index in [4.69, 9.17) is 0 Å². The first-order valence-electron chi connectivity index (χ1n) is 12.7. The first-order chi connectivity index (χ1) is 17.6. The zero-order valence-corrected chi connectivity index (χ0v) is 23.6. The molecule has 192 valence electrons. The van der Waals surface area contributed by atoms with Gasteiger partial charge in [-0.3, -0.25) is 4.79 Å². The van der Waals surface area contributed by atoms with E-state index >= 15 is 0 Å². The van der Waals surface area contributed by atoms with Crippen molar-refractivity contribution in [1.82, 2.24) is 9.88 Å². The van der Waals surface area contributed by atoms with Crippen molar-refractivity contribution >= 4 is 45.1 Å². The van der Waals surface area contributed by atoms with Crippen LogP contribution in [0, 0.1) is 5.92 Å². The van der Waals surface area contributed by atoms with Crippen LogP contribution in [0.3, 0.4) is 0 Å². The number of nitrogens with zero attached hydrogens (tertiary/aromatic N) is 1. The summed E-state index contributed by atoms with van der Waals surface area (Å²) in [6, 6.07) is 11.7. The van der Waals surface area contributed by atoms with Crippen molar-refractivity contribution in [2.45, 2.75) is 32.3 Å². The molecule has 2 atom stereocenters. The minimum Gasteiger partial charge on any atom is -0.380 e. The second-order valence-corrected chi connectivity index (χ2v) is 11.1. The lowest BCUT2D eigenvalue weighted by molar-refractivity contribution is 0.0632. The van der Waals surface area contributed by atoms with Crippen LogP contribution in [0.15, 0.2) is 76.0 Å². The number of allylic oxidation sites excluding steroid dienone is 6. The maximum Gasteiger partial charge on any atom is 0.256 e. The van der Waals surface area contributed by atoms with Crippen LogP contribution < -0.4 is 16.0 Å². The van der Waals surface area contributed by atoms with Gasteiger partial charge in [0.2, 0.25) is 0 Å². The third-order valence-corrected chi connectivity index (χ3v) is 7.49. The number of H-pyrrole nitrogens is 1. The molecule has 2 N–H and O–H groups in total. The molecule has 0 saturated heterocycles. The Labute approximate surface area is 227 Å². The van der Waals surface area contributed by atoms with E-state index in [0.29, 0.717) is 35.5 Å². The Morgan fingerprint density at radius 1 is 1.24 bits per heavy atom. The number of halogens is 1. The predicted molar refractivity (Wildman–Crippen MR) is 160 cm³/mol. The van der Waals surface area contributed by atoms with Crippen LogP contribution in [0.5, 0.6) is 0 Å². The summed E-state index contributed by atoms with van der Waals surface area (Å²) in [4.78, 5) is 18.5. The lowest BCUT2D eigenvalue weighted by Crippen LogP contribution is -2.40. The molecule has 1 aliphatic rings. The number of fused-ring (bicyclic) bond motifs is 1. The Morgan fingerprint density at radius 2 is 2.03 bits per heavy atom. The summed E-state index contributed by atoms with van der Waals surface area (Å²) in [6.07, 6.45) is 13.5. The molecule has 1 heterocycles. The number of nitrogens with one attached hydrogen (secondary N) is 1. The molecule has 5 heteroatoms. The minimum absolute atomic E-state index is 0.165. The van der Waals surface area contributed by atoms with E-state index in [-0.39, 0.29) is 5.56 Å². The zero-order valence-electron chi connectivity index (χ0n) is 22.0. The van der Waals surface area contributed by atoms with Gasteiger partial charge in [-0.2, -0.15) is 0 Å². The molecule has 0 amide bonds. The summed E-state index contributed by atoms with van der Waals surface area (Å²) in [6.45, 7) is 9.13. The molecule has 4 nitrogen and oxygen atoms in total. The number of hydrogen-bond donors (Lipinski definition) is 2. The number of rotatable bonds is 7. The monoisotopic (exact) mass is 558 g/mol. The van der Waals surface area contributed by atoms with Gasteiger partial charge in [-0.15, -0.1) is 0 Å². The smallest absolute Gasteiger partial charge is 0.256 e. The van der Waals surface area contributed by atoms with Crippen LogP contribution in [0.25, 0.3) is 29.1 Å². The highest BCUT2D eigenvalue weighted by molar-refractivity contribution is 9.10. The standard InChI is InChI=1S/C32H35BrN2O2/c1-6-7-9-23-10-8-11-28(22(23)3)32(37,16-17-35(4)5)29-20-26(33)18-25-19-27(31(36)34-30(25)29)24-14-12-21(2)13-15-24/h6-12,14-15,18-21,37H,3,13,16-17H2,1-2,4-5H3,(H,34,36)/b7-6-,23-9-. The van der Waals surface area contributed by atoms with Gasteiger partial charge in [0, 0.05) is 27.5 Å². The van der Waals surface area contributed by atoms with Crippen LogP contribution in [0.2, 0.25) is 0 Å². The topological polar surface area (TPSA) is 56.3 Å². The molecular formula is C32H35BrN2O2. The van der Waals surface area contributed by atoms with E-state index in [0.717, 1.165) is 37.9 Å². The number of benzene rings is 2. The van der Waals surface area contributed by atoms with Crippen molar-refractivity contribution in [2.75, 3.05) is 20.6 Å². The maximum atomic E-state index is 13.4. The Hall–Kier alpha value is -2.99. The van der Waals surface area contributed by atoms with E-state index in [1.807, 2.05) is 86.6 Å². The SMILES string of the molecule is C=c1c(C(O)(CCN(C)C)c2cc(Br)cc3cc(C4=CCC(C)C=C4)c(=O)[nH]c23)ccc/c1=C/C=C\C. The third kappa shape index (κ3) is 5.64. The van der Waals surface area contributed by atoms with Gasteiger partial charge in [0.25, 0.3) is 5.56 Å². The van der Waals surface area contributed by atoms with Crippen LogP contribution in [0.4, 0.5) is 0 Å². The first kappa shape index (κ1) is 27.1. The fraction of sp³-hybridized carbons (Fsp3) is 0.281. The lowest BCUT2D eigenvalue weighted by atomic mass is 9.81. The van der Waals surface area contributed by atoms with Crippen molar-refractivity contribution in [2.24, 2.45) is 5.92 Å². The van der Waals surface area contributed by atoms with Crippen LogP contribution in [0.1, 0.15) is 43.4 Å². The van der Waals surface area contributed by atoms with Crippen molar-refractivity contribution in [3.8, 4) is 0 Å². The summed E-state index contributed by atoms with van der Waals surface area (Å²) in [5.74, 6) is 0.466. The van der Waals surface area contributed by atoms with Crippen molar-refractivity contribution < 1.29 is 5.11 Å².